The summed E-state index contributed by atoms with van der Waals surface area (Å²) in [7, 11) is -0.961. The van der Waals surface area contributed by atoms with Crippen molar-refractivity contribution in [2.24, 2.45) is 0 Å². The highest BCUT2D eigenvalue weighted by molar-refractivity contribution is 7.92. The minimum absolute atomic E-state index is 1.06. The van der Waals surface area contributed by atoms with Crippen molar-refractivity contribution in [2.45, 2.75) is 10.9 Å². The summed E-state index contributed by atoms with van der Waals surface area (Å²) in [6.45, 7) is 6.71. The van der Waals surface area contributed by atoms with Gasteiger partial charge in [-0.25, -0.2) is 8.42 Å². The average molecular weight is 206 g/mol. The fraction of sp³-hybridized carbons (Fsp3) is 0.500. The first-order valence-electron chi connectivity index (χ1n) is 3.58. The molecule has 0 aliphatic heterocycles. The van der Waals surface area contributed by atoms with Gasteiger partial charge in [-0.15, -0.1) is 0 Å². The number of rotatable bonds is 6. The molecule has 2 unspecified atom stereocenters. The van der Waals surface area contributed by atoms with Gasteiger partial charge in [0.1, 0.15) is 0 Å². The Kier molecular flexibility index (Phi) is 4.90. The van der Waals surface area contributed by atoms with Gasteiger partial charge in [0, 0.05) is 14.2 Å². The fourth-order valence-corrected chi connectivity index (χ4v) is 2.20. The topological polar surface area (TPSA) is 52.6 Å². The van der Waals surface area contributed by atoms with Gasteiger partial charge in [-0.3, -0.25) is 0 Å². The molecule has 0 spiro atoms. The number of ether oxygens (including phenoxy) is 2. The predicted molar refractivity (Wildman–Crippen MR) is 50.9 cm³/mol. The van der Waals surface area contributed by atoms with Crippen molar-refractivity contribution in [3.63, 3.8) is 0 Å². The molecule has 0 saturated heterocycles. The van der Waals surface area contributed by atoms with Crippen LogP contribution in [0.4, 0.5) is 0 Å². The lowest BCUT2D eigenvalue weighted by atomic mass is 10.7. The summed E-state index contributed by atoms with van der Waals surface area (Å²) in [6, 6.07) is 0. The molecule has 0 aliphatic carbocycles. The van der Waals surface area contributed by atoms with Crippen LogP contribution in [0.5, 0.6) is 0 Å². The van der Waals surface area contributed by atoms with Crippen LogP contribution < -0.4 is 0 Å². The first-order valence-corrected chi connectivity index (χ1v) is 5.19. The maximum absolute atomic E-state index is 11.6. The van der Waals surface area contributed by atoms with Crippen molar-refractivity contribution < 1.29 is 17.9 Å². The Bertz CT molecular complexity index is 246. The monoisotopic (exact) mass is 206 g/mol. The summed E-state index contributed by atoms with van der Waals surface area (Å²) in [6.07, 6.45) is 2.40. The number of hydrogen-bond acceptors (Lipinski definition) is 4. The lowest BCUT2D eigenvalue weighted by Crippen LogP contribution is -2.31. The Hall–Kier alpha value is -0.650. The van der Waals surface area contributed by atoms with Gasteiger partial charge >= 0.3 is 0 Å². The highest BCUT2D eigenvalue weighted by Gasteiger charge is 2.30. The van der Waals surface area contributed by atoms with E-state index in [1.165, 1.54) is 26.4 Å². The van der Waals surface area contributed by atoms with Crippen LogP contribution in [0.2, 0.25) is 0 Å². The van der Waals surface area contributed by atoms with E-state index in [4.69, 9.17) is 9.47 Å². The molecule has 13 heavy (non-hydrogen) atoms. The van der Waals surface area contributed by atoms with Gasteiger partial charge in [0.2, 0.25) is 9.84 Å². The van der Waals surface area contributed by atoms with E-state index in [0.29, 0.717) is 0 Å². The van der Waals surface area contributed by atoms with Gasteiger partial charge < -0.3 is 9.47 Å². The van der Waals surface area contributed by atoms with Crippen molar-refractivity contribution in [3.8, 4) is 0 Å². The van der Waals surface area contributed by atoms with E-state index in [2.05, 4.69) is 13.2 Å². The van der Waals surface area contributed by atoms with E-state index in [9.17, 15) is 8.42 Å². The quantitative estimate of drug-likeness (QED) is 0.601. The number of hydrogen-bond donors (Lipinski definition) is 0. The van der Waals surface area contributed by atoms with Crippen LogP contribution in [0, 0.1) is 0 Å². The van der Waals surface area contributed by atoms with Gasteiger partial charge in [0.05, 0.1) is 0 Å². The maximum Gasteiger partial charge on any atom is 0.211 e. The van der Waals surface area contributed by atoms with Crippen LogP contribution in [0.25, 0.3) is 0 Å². The molecule has 76 valence electrons. The summed E-state index contributed by atoms with van der Waals surface area (Å²) in [5.41, 5.74) is -2.12. The van der Waals surface area contributed by atoms with Gasteiger partial charge in [0.15, 0.2) is 10.9 Å². The highest BCUT2D eigenvalue weighted by Crippen LogP contribution is 2.12. The summed E-state index contributed by atoms with van der Waals surface area (Å²) < 4.78 is 32.6. The third-order valence-electron chi connectivity index (χ3n) is 1.50. The molecule has 0 aliphatic rings. The SMILES string of the molecule is C=CC(OC)S(=O)(=O)C(C=C)OC. The van der Waals surface area contributed by atoms with E-state index in [0.717, 1.165) is 0 Å². The molecule has 0 heterocycles. The van der Waals surface area contributed by atoms with E-state index in [1.807, 2.05) is 0 Å². The highest BCUT2D eigenvalue weighted by atomic mass is 32.2. The number of sulfone groups is 1. The van der Waals surface area contributed by atoms with Crippen LogP contribution in [-0.2, 0) is 19.3 Å². The van der Waals surface area contributed by atoms with Crippen molar-refractivity contribution >= 4 is 9.84 Å². The molecule has 0 aromatic rings. The summed E-state index contributed by atoms with van der Waals surface area (Å²) in [5.74, 6) is 0. The van der Waals surface area contributed by atoms with Crippen LogP contribution in [0.3, 0.4) is 0 Å². The molecule has 0 radical (unpaired) electrons. The minimum Gasteiger partial charge on any atom is -0.361 e. The smallest absolute Gasteiger partial charge is 0.211 e. The molecule has 0 rings (SSSR count). The summed E-state index contributed by atoms with van der Waals surface area (Å²) >= 11 is 0. The zero-order chi connectivity index (χ0) is 10.5. The van der Waals surface area contributed by atoms with Crippen LogP contribution in [0.15, 0.2) is 25.3 Å². The van der Waals surface area contributed by atoms with Gasteiger partial charge in [-0.1, -0.05) is 13.2 Å². The zero-order valence-corrected chi connectivity index (χ0v) is 8.58. The Balaban J connectivity index is 4.91. The second kappa shape index (κ2) is 5.16. The van der Waals surface area contributed by atoms with Crippen molar-refractivity contribution in [3.05, 3.63) is 25.3 Å². The third kappa shape index (κ3) is 2.65. The van der Waals surface area contributed by atoms with Crippen molar-refractivity contribution in [1.29, 1.82) is 0 Å². The molecule has 0 aromatic heterocycles. The van der Waals surface area contributed by atoms with Crippen LogP contribution in [0.1, 0.15) is 0 Å². The molecule has 0 fully saturated rings. The Morgan fingerprint density at radius 1 is 1.08 bits per heavy atom. The molecule has 0 aromatic carbocycles. The molecule has 0 bridgehead atoms. The average Bonchev–Trinajstić information content (AvgIpc) is 2.07. The van der Waals surface area contributed by atoms with Gasteiger partial charge in [0.25, 0.3) is 0 Å². The van der Waals surface area contributed by atoms with Crippen molar-refractivity contribution in [1.82, 2.24) is 0 Å². The van der Waals surface area contributed by atoms with Gasteiger partial charge in [-0.2, -0.15) is 0 Å². The minimum atomic E-state index is -3.54. The predicted octanol–water partition coefficient (Wildman–Crippen LogP) is 0.718. The van der Waals surface area contributed by atoms with Crippen LogP contribution >= 0.6 is 0 Å². The molecule has 0 saturated carbocycles. The molecule has 2 atom stereocenters. The van der Waals surface area contributed by atoms with E-state index < -0.39 is 20.7 Å². The molecular formula is C8H14O4S. The summed E-state index contributed by atoms with van der Waals surface area (Å²) in [4.78, 5) is 0. The molecular weight excluding hydrogens is 192 g/mol. The maximum atomic E-state index is 11.6. The lowest BCUT2D eigenvalue weighted by molar-refractivity contribution is 0.169. The van der Waals surface area contributed by atoms with Crippen LogP contribution in [-0.4, -0.2) is 33.5 Å². The zero-order valence-electron chi connectivity index (χ0n) is 7.76. The fourth-order valence-electron chi connectivity index (χ4n) is 0.861. The largest absolute Gasteiger partial charge is 0.361 e. The second-order valence-electron chi connectivity index (χ2n) is 2.27. The Morgan fingerprint density at radius 2 is 1.38 bits per heavy atom. The van der Waals surface area contributed by atoms with E-state index >= 15 is 0 Å². The second-order valence-corrected chi connectivity index (χ2v) is 4.38. The first kappa shape index (κ1) is 12.3. The Morgan fingerprint density at radius 3 is 1.54 bits per heavy atom. The van der Waals surface area contributed by atoms with Crippen molar-refractivity contribution in [2.75, 3.05) is 14.2 Å². The number of methoxy groups -OCH3 is 2. The molecule has 4 nitrogen and oxygen atoms in total. The van der Waals surface area contributed by atoms with E-state index in [1.54, 1.807) is 0 Å². The lowest BCUT2D eigenvalue weighted by Gasteiger charge is -2.17. The Labute approximate surface area is 78.8 Å². The molecule has 5 heteroatoms. The normalized spacial score (nSPS) is 16.2. The molecule has 0 N–H and O–H groups in total. The third-order valence-corrected chi connectivity index (χ3v) is 3.56. The first-order chi connectivity index (χ1) is 6.04. The molecule has 0 amide bonds. The van der Waals surface area contributed by atoms with E-state index in [-0.39, 0.29) is 0 Å². The standard InChI is InChI=1S/C8H14O4S/c1-5-7(11-3)13(9,10)8(6-2)12-4/h5-8H,1-2H2,3-4H3. The van der Waals surface area contributed by atoms with Gasteiger partial charge in [-0.05, 0) is 12.2 Å². The summed E-state index contributed by atoms with van der Waals surface area (Å²) in [5, 5.41) is 0.